The molecular weight excluding hydrogens is 180 g/mol. The Morgan fingerprint density at radius 3 is 2.14 bits per heavy atom. The first-order valence-electron chi connectivity index (χ1n) is 4.75. The highest BCUT2D eigenvalue weighted by atomic mass is 16.1. The molecule has 86 valence electrons. The molecule has 0 aromatic rings. The molecule has 1 amide bonds. The van der Waals surface area contributed by atoms with Gasteiger partial charge in [0.15, 0.2) is 0 Å². The number of carbonyl (C=O) groups is 1. The fraction of sp³-hybridized carbons (Fsp3) is 0.889. The summed E-state index contributed by atoms with van der Waals surface area (Å²) in [6.07, 6.45) is 0.736. The Bertz CT molecular complexity index is 119. The highest BCUT2D eigenvalue weighted by molar-refractivity contribution is 5.45. The van der Waals surface area contributed by atoms with Gasteiger partial charge in [-0.2, -0.15) is 0 Å². The number of nitrogens with one attached hydrogen (secondary N) is 1. The Kier molecular flexibility index (Phi) is 13.9. The maximum absolute atomic E-state index is 9.91. The fourth-order valence-electron chi connectivity index (χ4n) is 0.797. The molecule has 0 heterocycles. The van der Waals surface area contributed by atoms with Gasteiger partial charge in [0, 0.05) is 26.2 Å². The monoisotopic (exact) mass is 204 g/mol. The van der Waals surface area contributed by atoms with Crippen molar-refractivity contribution in [2.75, 3.05) is 54.4 Å². The molecular formula is C9H24N4O. The van der Waals surface area contributed by atoms with E-state index in [0.29, 0.717) is 0 Å². The molecule has 0 aromatic carbocycles. The van der Waals surface area contributed by atoms with Gasteiger partial charge in [0.1, 0.15) is 0 Å². The Hall–Kier alpha value is -0.650. The Labute approximate surface area is 87.2 Å². The van der Waals surface area contributed by atoms with Crippen LogP contribution in [0.15, 0.2) is 0 Å². The predicted molar refractivity (Wildman–Crippen MR) is 60.2 cm³/mol. The summed E-state index contributed by atoms with van der Waals surface area (Å²) in [4.78, 5) is 14.2. The lowest BCUT2D eigenvalue weighted by Crippen LogP contribution is -2.33. The van der Waals surface area contributed by atoms with Gasteiger partial charge in [0.25, 0.3) is 0 Å². The Balaban J connectivity index is 0. The summed E-state index contributed by atoms with van der Waals surface area (Å²) in [5.41, 5.74) is 4.50. The van der Waals surface area contributed by atoms with E-state index in [2.05, 4.69) is 42.0 Å². The second-order valence-corrected chi connectivity index (χ2v) is 3.18. The van der Waals surface area contributed by atoms with Crippen LogP contribution in [0, 0.1) is 0 Å². The van der Waals surface area contributed by atoms with Crippen LogP contribution in [0.3, 0.4) is 0 Å². The standard InChI is InChI=1S/C8H19N3O.CH5N/c1-10(2)6-7-11(3)5-4-9-8-12;1-2/h8H,4-7H2,1-3H3,(H,9,12);2H2,1H3. The Morgan fingerprint density at radius 2 is 1.71 bits per heavy atom. The molecule has 0 radical (unpaired) electrons. The van der Waals surface area contributed by atoms with Gasteiger partial charge in [-0.1, -0.05) is 0 Å². The van der Waals surface area contributed by atoms with Crippen molar-refractivity contribution in [2.45, 2.75) is 0 Å². The first-order valence-corrected chi connectivity index (χ1v) is 4.75. The molecule has 0 aliphatic heterocycles. The second kappa shape index (κ2) is 12.3. The van der Waals surface area contributed by atoms with Gasteiger partial charge in [-0.15, -0.1) is 0 Å². The highest BCUT2D eigenvalue weighted by Crippen LogP contribution is 1.81. The first-order chi connectivity index (χ1) is 6.66. The van der Waals surface area contributed by atoms with E-state index in [1.807, 2.05) is 0 Å². The van der Waals surface area contributed by atoms with Crippen LogP contribution in [-0.2, 0) is 4.79 Å². The van der Waals surface area contributed by atoms with E-state index in [4.69, 9.17) is 0 Å². The molecule has 0 rings (SSSR count). The molecule has 0 aliphatic rings. The van der Waals surface area contributed by atoms with Gasteiger partial charge in [0.2, 0.25) is 6.41 Å². The van der Waals surface area contributed by atoms with Gasteiger partial charge in [0.05, 0.1) is 0 Å². The summed E-state index contributed by atoms with van der Waals surface area (Å²) >= 11 is 0. The molecule has 0 saturated carbocycles. The van der Waals surface area contributed by atoms with Crippen molar-refractivity contribution in [1.82, 2.24) is 15.1 Å². The minimum atomic E-state index is 0.730. The normalized spacial score (nSPS) is 9.64. The van der Waals surface area contributed by atoms with E-state index in [1.165, 1.54) is 7.05 Å². The second-order valence-electron chi connectivity index (χ2n) is 3.18. The largest absolute Gasteiger partial charge is 0.357 e. The molecule has 5 nitrogen and oxygen atoms in total. The van der Waals surface area contributed by atoms with E-state index in [0.717, 1.165) is 32.6 Å². The summed E-state index contributed by atoms with van der Waals surface area (Å²) in [5, 5.41) is 2.63. The molecule has 0 unspecified atom stereocenters. The number of hydrogen-bond acceptors (Lipinski definition) is 4. The maximum atomic E-state index is 9.91. The van der Waals surface area contributed by atoms with Crippen molar-refractivity contribution in [3.63, 3.8) is 0 Å². The van der Waals surface area contributed by atoms with E-state index >= 15 is 0 Å². The van der Waals surface area contributed by atoms with Gasteiger partial charge in [-0.25, -0.2) is 0 Å². The van der Waals surface area contributed by atoms with Crippen LogP contribution in [0.4, 0.5) is 0 Å². The van der Waals surface area contributed by atoms with Crippen LogP contribution < -0.4 is 11.1 Å². The number of likely N-dealkylation sites (N-methyl/N-ethyl adjacent to an activating group) is 2. The number of hydrogen-bond donors (Lipinski definition) is 2. The number of nitrogens with zero attached hydrogens (tertiary/aromatic N) is 2. The predicted octanol–water partition coefficient (Wildman–Crippen LogP) is -1.20. The summed E-state index contributed by atoms with van der Waals surface area (Å²) < 4.78 is 0. The van der Waals surface area contributed by atoms with Gasteiger partial charge < -0.3 is 20.9 Å². The van der Waals surface area contributed by atoms with Crippen LogP contribution >= 0.6 is 0 Å². The van der Waals surface area contributed by atoms with Crippen LogP contribution in [-0.4, -0.2) is 70.6 Å². The molecule has 14 heavy (non-hydrogen) atoms. The lowest BCUT2D eigenvalue weighted by atomic mass is 10.5. The third kappa shape index (κ3) is 13.9. The Morgan fingerprint density at radius 1 is 1.14 bits per heavy atom. The van der Waals surface area contributed by atoms with Gasteiger partial charge in [-0.3, -0.25) is 4.79 Å². The molecule has 0 fully saturated rings. The van der Waals surface area contributed by atoms with Crippen LogP contribution in [0.2, 0.25) is 0 Å². The highest BCUT2D eigenvalue weighted by Gasteiger charge is 1.97. The molecule has 0 bridgehead atoms. The molecule has 0 aromatic heterocycles. The summed E-state index contributed by atoms with van der Waals surface area (Å²) in [6, 6.07) is 0. The molecule has 3 N–H and O–H groups in total. The van der Waals surface area contributed by atoms with E-state index in [9.17, 15) is 4.79 Å². The third-order valence-corrected chi connectivity index (χ3v) is 1.65. The zero-order chi connectivity index (χ0) is 11.4. The minimum Gasteiger partial charge on any atom is -0.357 e. The molecule has 5 heteroatoms. The zero-order valence-electron chi connectivity index (χ0n) is 9.79. The number of amides is 1. The number of nitrogens with two attached hydrogens (primary N) is 1. The van der Waals surface area contributed by atoms with Crippen LogP contribution in [0.5, 0.6) is 0 Å². The average molecular weight is 204 g/mol. The van der Waals surface area contributed by atoms with Crippen molar-refractivity contribution in [3.8, 4) is 0 Å². The minimum absolute atomic E-state index is 0.730. The first kappa shape index (κ1) is 15.8. The smallest absolute Gasteiger partial charge is 0.207 e. The topological polar surface area (TPSA) is 61.6 Å². The van der Waals surface area contributed by atoms with Crippen molar-refractivity contribution in [3.05, 3.63) is 0 Å². The molecule has 0 saturated heterocycles. The van der Waals surface area contributed by atoms with Crippen LogP contribution in [0.25, 0.3) is 0 Å². The van der Waals surface area contributed by atoms with Crippen molar-refractivity contribution in [2.24, 2.45) is 5.73 Å². The third-order valence-electron chi connectivity index (χ3n) is 1.65. The zero-order valence-corrected chi connectivity index (χ0v) is 9.79. The van der Waals surface area contributed by atoms with Crippen LogP contribution in [0.1, 0.15) is 0 Å². The summed E-state index contributed by atoms with van der Waals surface area (Å²) in [6.45, 7) is 3.73. The van der Waals surface area contributed by atoms with Gasteiger partial charge >= 0.3 is 0 Å². The molecule has 0 spiro atoms. The fourth-order valence-corrected chi connectivity index (χ4v) is 0.797. The van der Waals surface area contributed by atoms with E-state index in [1.54, 1.807) is 0 Å². The average Bonchev–Trinajstić information content (AvgIpc) is 2.18. The molecule has 0 atom stereocenters. The maximum Gasteiger partial charge on any atom is 0.207 e. The van der Waals surface area contributed by atoms with Crippen molar-refractivity contribution < 1.29 is 4.79 Å². The van der Waals surface area contributed by atoms with E-state index in [-0.39, 0.29) is 0 Å². The number of rotatable bonds is 7. The quantitative estimate of drug-likeness (QED) is 0.404. The van der Waals surface area contributed by atoms with Crippen molar-refractivity contribution in [1.29, 1.82) is 0 Å². The van der Waals surface area contributed by atoms with Gasteiger partial charge in [-0.05, 0) is 28.2 Å². The lowest BCUT2D eigenvalue weighted by molar-refractivity contribution is -0.109. The SMILES string of the molecule is CN.CN(C)CCN(C)CCNC=O. The molecule has 0 aliphatic carbocycles. The lowest BCUT2D eigenvalue weighted by Gasteiger charge is -2.18. The number of carbonyl (C=O) groups excluding carboxylic acids is 1. The summed E-state index contributed by atoms with van der Waals surface area (Å²) in [7, 11) is 7.66. The van der Waals surface area contributed by atoms with E-state index < -0.39 is 0 Å². The summed E-state index contributed by atoms with van der Waals surface area (Å²) in [5.74, 6) is 0. The van der Waals surface area contributed by atoms with Crippen molar-refractivity contribution >= 4 is 6.41 Å².